The molecule has 0 spiro atoms. The molecule has 2 aliphatic carbocycles. The van der Waals surface area contributed by atoms with Crippen LogP contribution in [0.5, 0.6) is 0 Å². The molecule has 216 valence electrons. The highest BCUT2D eigenvalue weighted by atomic mass is 79.9. The molecule has 4 heteroatoms. The van der Waals surface area contributed by atoms with Gasteiger partial charge in [-0.3, -0.25) is 9.89 Å². The molecule has 0 saturated carbocycles. The van der Waals surface area contributed by atoms with Gasteiger partial charge >= 0.3 is 0 Å². The summed E-state index contributed by atoms with van der Waals surface area (Å²) in [6.07, 6.45) is 16.4. The first kappa shape index (κ1) is 30.4. The van der Waals surface area contributed by atoms with Gasteiger partial charge in [0.2, 0.25) is 0 Å². The van der Waals surface area contributed by atoms with Crippen molar-refractivity contribution in [1.82, 2.24) is 4.90 Å². The van der Waals surface area contributed by atoms with Gasteiger partial charge in [-0.25, -0.2) is 0 Å². The monoisotopic (exact) mass is 674 g/mol. The minimum Gasteiger partial charge on any atom is -0.298 e. The third kappa shape index (κ3) is 7.32. The fourth-order valence-electron chi connectivity index (χ4n) is 6.69. The minimum atomic E-state index is -0.0848. The Balaban J connectivity index is 1.35. The van der Waals surface area contributed by atoms with E-state index >= 15 is 0 Å². The molecular formula is C37H44Br2N2. The summed E-state index contributed by atoms with van der Waals surface area (Å²) in [4.78, 5) is 7.82. The predicted molar refractivity (Wildman–Crippen MR) is 183 cm³/mol. The lowest BCUT2D eigenvalue weighted by Crippen LogP contribution is -2.36. The summed E-state index contributed by atoms with van der Waals surface area (Å²) >= 11 is 7.41. The Morgan fingerprint density at radius 2 is 1.51 bits per heavy atom. The van der Waals surface area contributed by atoms with Crippen LogP contribution < -0.4 is 0 Å². The molecule has 41 heavy (non-hydrogen) atoms. The lowest BCUT2D eigenvalue weighted by molar-refractivity contribution is 0.234. The zero-order valence-corrected chi connectivity index (χ0v) is 28.2. The van der Waals surface area contributed by atoms with E-state index in [4.69, 9.17) is 4.99 Å². The van der Waals surface area contributed by atoms with E-state index in [-0.39, 0.29) is 10.8 Å². The van der Waals surface area contributed by atoms with Crippen LogP contribution in [0.2, 0.25) is 0 Å². The molecule has 0 aromatic heterocycles. The van der Waals surface area contributed by atoms with Crippen LogP contribution >= 0.6 is 31.9 Å². The van der Waals surface area contributed by atoms with Gasteiger partial charge in [0.25, 0.3) is 0 Å². The number of nitrogens with zero attached hydrogens (tertiary/aromatic N) is 2. The topological polar surface area (TPSA) is 15.6 Å². The van der Waals surface area contributed by atoms with Crippen molar-refractivity contribution < 1.29 is 0 Å². The molecule has 1 aliphatic heterocycles. The van der Waals surface area contributed by atoms with Gasteiger partial charge in [0.1, 0.15) is 0 Å². The van der Waals surface area contributed by atoms with E-state index < -0.39 is 0 Å². The second-order valence-corrected chi connectivity index (χ2v) is 15.0. The van der Waals surface area contributed by atoms with Crippen molar-refractivity contribution in [2.75, 3.05) is 19.6 Å². The molecule has 5 rings (SSSR count). The molecule has 3 aliphatic rings. The lowest BCUT2D eigenvalue weighted by Gasteiger charge is -2.37. The van der Waals surface area contributed by atoms with E-state index in [9.17, 15) is 0 Å². The van der Waals surface area contributed by atoms with Crippen molar-refractivity contribution in [2.45, 2.75) is 70.3 Å². The van der Waals surface area contributed by atoms with Gasteiger partial charge in [0, 0.05) is 40.0 Å². The fraction of sp³-hybridized carbons (Fsp3) is 0.432. The molecule has 1 fully saturated rings. The van der Waals surface area contributed by atoms with E-state index in [1.165, 1.54) is 50.6 Å². The number of halogens is 2. The highest BCUT2D eigenvalue weighted by Gasteiger charge is 2.34. The summed E-state index contributed by atoms with van der Waals surface area (Å²) in [7, 11) is 0. The Morgan fingerprint density at radius 1 is 0.854 bits per heavy atom. The number of hydrogen-bond donors (Lipinski definition) is 0. The van der Waals surface area contributed by atoms with Crippen molar-refractivity contribution in [2.24, 2.45) is 16.8 Å². The number of allylic oxidation sites excluding steroid dienone is 7. The van der Waals surface area contributed by atoms with Crippen LogP contribution in [0.15, 0.2) is 110 Å². The van der Waals surface area contributed by atoms with Gasteiger partial charge in [0.15, 0.2) is 0 Å². The average molecular weight is 677 g/mol. The number of rotatable bonds is 9. The number of hydrogen-bond acceptors (Lipinski definition) is 2. The van der Waals surface area contributed by atoms with Crippen molar-refractivity contribution >= 4 is 38.1 Å². The normalized spacial score (nSPS) is 24.2. The molecule has 0 N–H and O–H groups in total. The standard InChI is InChI=1S/C37H44Br2N2/c1-36(2,29-12-7-5-8-13-29)31-18-27(19-32(22-31)37(3,4)30-14-9-6-10-15-30)24-40-25-35-16-11-17-41(35)26-28-20-33(38)23-34(39)21-28/h5-10,12-15,18,20,22-24,27-28,35H,11,16-17,19,21,25-26H2,1-4H3/b40-24+. The van der Waals surface area contributed by atoms with Crippen molar-refractivity contribution in [3.8, 4) is 0 Å². The Morgan fingerprint density at radius 3 is 2.17 bits per heavy atom. The SMILES string of the molecule is CC(C)(C1=CC(/C=N/CC2CCCN2CC2C=C(Br)C=C(Br)C2)CC(C(C)(C)c2ccccc2)=C1)c1ccccc1. The maximum absolute atomic E-state index is 5.14. The zero-order valence-electron chi connectivity index (χ0n) is 25.0. The molecule has 1 heterocycles. The van der Waals surface area contributed by atoms with E-state index in [1.54, 1.807) is 0 Å². The fourth-order valence-corrected chi connectivity index (χ4v) is 8.31. The zero-order chi connectivity index (χ0) is 29.0. The van der Waals surface area contributed by atoms with E-state index in [0.717, 1.165) is 25.9 Å². The maximum atomic E-state index is 5.14. The van der Waals surface area contributed by atoms with Crippen LogP contribution in [-0.4, -0.2) is 36.8 Å². The van der Waals surface area contributed by atoms with Crippen LogP contribution in [0.4, 0.5) is 0 Å². The molecule has 0 bridgehead atoms. The predicted octanol–water partition coefficient (Wildman–Crippen LogP) is 9.93. The van der Waals surface area contributed by atoms with E-state index in [2.05, 4.69) is 156 Å². The summed E-state index contributed by atoms with van der Waals surface area (Å²) < 4.78 is 2.47. The highest BCUT2D eigenvalue weighted by molar-refractivity contribution is 9.12. The quantitative estimate of drug-likeness (QED) is 0.242. The van der Waals surface area contributed by atoms with Crippen molar-refractivity contribution in [3.05, 3.63) is 116 Å². The summed E-state index contributed by atoms with van der Waals surface area (Å²) in [5.74, 6) is 0.842. The molecule has 2 aromatic rings. The van der Waals surface area contributed by atoms with Crippen molar-refractivity contribution in [1.29, 1.82) is 0 Å². The van der Waals surface area contributed by atoms with Crippen LogP contribution in [0.1, 0.15) is 64.5 Å². The maximum Gasteiger partial charge on any atom is 0.0541 e. The molecule has 2 aromatic carbocycles. The Labute approximate surface area is 264 Å². The molecular weight excluding hydrogens is 632 g/mol. The van der Waals surface area contributed by atoms with Crippen LogP contribution in [0.25, 0.3) is 0 Å². The second kappa shape index (κ2) is 13.1. The van der Waals surface area contributed by atoms with Crippen LogP contribution in [0, 0.1) is 11.8 Å². The molecule has 0 amide bonds. The summed E-state index contributed by atoms with van der Waals surface area (Å²) in [6.45, 7) is 12.7. The molecule has 0 radical (unpaired) electrons. The Hall–Kier alpha value is -2.01. The Kier molecular flexibility index (Phi) is 9.73. The first-order valence-corrected chi connectivity index (χ1v) is 16.7. The number of aliphatic imine (C=N–C) groups is 1. The number of likely N-dealkylation sites (tertiary alicyclic amines) is 1. The van der Waals surface area contributed by atoms with Gasteiger partial charge in [-0.05, 0) is 65.4 Å². The van der Waals surface area contributed by atoms with Gasteiger partial charge in [-0.1, -0.05) is 144 Å². The summed E-state index contributed by atoms with van der Waals surface area (Å²) in [5, 5.41) is 0. The third-order valence-electron chi connectivity index (χ3n) is 9.42. The summed E-state index contributed by atoms with van der Waals surface area (Å²) in [6, 6.07) is 22.4. The molecule has 2 nitrogen and oxygen atoms in total. The largest absolute Gasteiger partial charge is 0.298 e. The minimum absolute atomic E-state index is 0.0492. The lowest BCUT2D eigenvalue weighted by atomic mass is 9.67. The van der Waals surface area contributed by atoms with Gasteiger partial charge < -0.3 is 0 Å². The van der Waals surface area contributed by atoms with Gasteiger partial charge in [0.05, 0.1) is 6.54 Å². The highest BCUT2D eigenvalue weighted by Crippen LogP contribution is 2.43. The number of benzene rings is 2. The first-order valence-electron chi connectivity index (χ1n) is 15.1. The van der Waals surface area contributed by atoms with E-state index in [0.29, 0.717) is 17.9 Å². The van der Waals surface area contributed by atoms with E-state index in [1.807, 2.05) is 0 Å². The van der Waals surface area contributed by atoms with Gasteiger partial charge in [-0.15, -0.1) is 0 Å². The molecule has 1 saturated heterocycles. The van der Waals surface area contributed by atoms with Crippen LogP contribution in [0.3, 0.4) is 0 Å². The second-order valence-electron chi connectivity index (χ2n) is 13.1. The molecule has 3 atom stereocenters. The Bertz CT molecular complexity index is 1350. The smallest absolute Gasteiger partial charge is 0.0541 e. The van der Waals surface area contributed by atoms with Crippen LogP contribution in [-0.2, 0) is 10.8 Å². The first-order chi connectivity index (χ1) is 19.6. The van der Waals surface area contributed by atoms with Gasteiger partial charge in [-0.2, -0.15) is 0 Å². The third-order valence-corrected chi connectivity index (χ3v) is 10.5. The molecule has 3 unspecified atom stereocenters. The summed E-state index contributed by atoms with van der Waals surface area (Å²) in [5.41, 5.74) is 5.46. The van der Waals surface area contributed by atoms with Crippen molar-refractivity contribution in [3.63, 3.8) is 0 Å². The average Bonchev–Trinajstić information content (AvgIpc) is 3.39.